The first kappa shape index (κ1) is 25.9. The minimum atomic E-state index is -0.990. The minimum Gasteiger partial charge on any atom is -0.396 e. The predicted molar refractivity (Wildman–Crippen MR) is 135 cm³/mol. The Labute approximate surface area is 217 Å². The number of nitrogens with zero attached hydrogens (tertiary/aromatic N) is 3. The lowest BCUT2D eigenvalue weighted by atomic mass is 9.77. The van der Waals surface area contributed by atoms with E-state index < -0.39 is 40.9 Å². The SMILES string of the molecule is CC1(c2cccc(F)c2N)CC(C#N)N(C(=O)C2C3C4CC(CC4F)C3CN2C(=O)C(N)C(C)(C)C)C1. The third kappa shape index (κ3) is 3.91. The van der Waals surface area contributed by atoms with E-state index in [-0.39, 0.29) is 54.1 Å². The number of nitrogens with two attached hydrogens (primary N) is 2. The third-order valence-corrected chi connectivity index (χ3v) is 9.68. The number of nitriles is 1. The monoisotopic (exact) mass is 513 g/mol. The van der Waals surface area contributed by atoms with Gasteiger partial charge in [0, 0.05) is 18.5 Å². The van der Waals surface area contributed by atoms with Crippen LogP contribution in [0.1, 0.15) is 52.5 Å². The summed E-state index contributed by atoms with van der Waals surface area (Å²) in [6.45, 7) is 8.06. The smallest absolute Gasteiger partial charge is 0.246 e. The highest BCUT2D eigenvalue weighted by molar-refractivity contribution is 5.92. The summed E-state index contributed by atoms with van der Waals surface area (Å²) in [5, 5.41) is 10.0. The Morgan fingerprint density at radius 2 is 1.92 bits per heavy atom. The largest absolute Gasteiger partial charge is 0.396 e. The van der Waals surface area contributed by atoms with Gasteiger partial charge in [0.15, 0.2) is 0 Å². The van der Waals surface area contributed by atoms with Crippen molar-refractivity contribution in [2.24, 2.45) is 34.8 Å². The number of carbonyl (C=O) groups is 2. The molecule has 4 N–H and O–H groups in total. The number of nitrogen functional groups attached to an aromatic ring is 1. The molecule has 0 spiro atoms. The lowest BCUT2D eigenvalue weighted by Gasteiger charge is -2.37. The number of hydrogen-bond acceptors (Lipinski definition) is 5. The first-order chi connectivity index (χ1) is 17.3. The van der Waals surface area contributed by atoms with E-state index in [1.54, 1.807) is 17.0 Å². The Bertz CT molecular complexity index is 1160. The summed E-state index contributed by atoms with van der Waals surface area (Å²) < 4.78 is 29.3. The van der Waals surface area contributed by atoms with Gasteiger partial charge in [-0.1, -0.05) is 39.8 Å². The molecule has 0 radical (unpaired) electrons. The fourth-order valence-electron chi connectivity index (χ4n) is 7.66. The average Bonchev–Trinajstić information content (AvgIpc) is 3.57. The minimum absolute atomic E-state index is 0.0123. The second kappa shape index (κ2) is 8.65. The van der Waals surface area contributed by atoms with Gasteiger partial charge in [-0.05, 0) is 60.0 Å². The molecular weight excluding hydrogens is 476 g/mol. The van der Waals surface area contributed by atoms with Gasteiger partial charge < -0.3 is 21.3 Å². The summed E-state index contributed by atoms with van der Waals surface area (Å²) >= 11 is 0. The van der Waals surface area contributed by atoms with Crippen LogP contribution in [0.4, 0.5) is 14.5 Å². The van der Waals surface area contributed by atoms with Gasteiger partial charge in [-0.3, -0.25) is 9.59 Å². The fourth-order valence-corrected chi connectivity index (χ4v) is 7.66. The van der Waals surface area contributed by atoms with Crippen molar-refractivity contribution < 1.29 is 18.4 Å². The molecule has 4 fully saturated rings. The molecule has 1 aromatic carbocycles. The molecule has 9 heteroatoms. The van der Waals surface area contributed by atoms with Crippen LogP contribution in [0.2, 0.25) is 0 Å². The molecule has 2 aliphatic carbocycles. The van der Waals surface area contributed by atoms with Crippen molar-refractivity contribution in [2.45, 2.75) is 76.7 Å². The number of para-hydroxylation sites is 1. The highest BCUT2D eigenvalue weighted by atomic mass is 19.1. The number of carbonyl (C=O) groups excluding carboxylic acids is 2. The molecule has 7 nitrogen and oxygen atoms in total. The van der Waals surface area contributed by atoms with Crippen LogP contribution in [0, 0.1) is 46.2 Å². The topological polar surface area (TPSA) is 116 Å². The summed E-state index contributed by atoms with van der Waals surface area (Å²) in [4.78, 5) is 31.1. The zero-order chi connectivity index (χ0) is 27.0. The summed E-state index contributed by atoms with van der Waals surface area (Å²) in [5.41, 5.74) is 11.7. The lowest BCUT2D eigenvalue weighted by Crippen LogP contribution is -2.57. The molecule has 2 amide bonds. The van der Waals surface area contributed by atoms with E-state index in [0.717, 1.165) is 6.42 Å². The maximum atomic E-state index is 15.0. The molecule has 2 aliphatic heterocycles. The van der Waals surface area contributed by atoms with Crippen LogP contribution in [0.15, 0.2) is 18.2 Å². The van der Waals surface area contributed by atoms with E-state index in [9.17, 15) is 23.6 Å². The second-order valence-corrected chi connectivity index (χ2v) is 13.0. The molecule has 9 unspecified atom stereocenters. The Balaban J connectivity index is 1.50. The molecule has 2 heterocycles. The van der Waals surface area contributed by atoms with Gasteiger partial charge in [0.1, 0.15) is 24.1 Å². The van der Waals surface area contributed by atoms with Gasteiger partial charge >= 0.3 is 0 Å². The maximum absolute atomic E-state index is 15.0. The Hall–Kier alpha value is -2.73. The van der Waals surface area contributed by atoms with Crippen molar-refractivity contribution in [1.82, 2.24) is 9.80 Å². The average molecular weight is 514 g/mol. The molecule has 2 saturated carbocycles. The number of halogens is 2. The van der Waals surface area contributed by atoms with Crippen molar-refractivity contribution in [3.8, 4) is 6.07 Å². The van der Waals surface area contributed by atoms with Crippen LogP contribution in [0.3, 0.4) is 0 Å². The van der Waals surface area contributed by atoms with E-state index in [4.69, 9.17) is 11.5 Å². The van der Waals surface area contributed by atoms with Gasteiger partial charge in [-0.25, -0.2) is 8.78 Å². The molecule has 5 rings (SSSR count). The molecule has 2 bridgehead atoms. The quantitative estimate of drug-likeness (QED) is 0.603. The van der Waals surface area contributed by atoms with Gasteiger partial charge in [0.25, 0.3) is 0 Å². The standard InChI is InChI=1S/C28H37F2N5O2/c1-27(2,3)24(33)26(37)34-12-17-14-8-16(20(30)9-14)21(17)23(34)25(36)35-13-28(4,10-15(35)11-31)18-6-5-7-19(29)22(18)32/h5-7,14-17,20-21,23-24H,8-10,12-13,32-33H2,1-4H3. The van der Waals surface area contributed by atoms with Gasteiger partial charge in [-0.15, -0.1) is 0 Å². The number of hydrogen-bond donors (Lipinski definition) is 2. The van der Waals surface area contributed by atoms with Gasteiger partial charge in [0.05, 0.1) is 17.8 Å². The molecule has 1 aromatic rings. The van der Waals surface area contributed by atoms with Crippen LogP contribution < -0.4 is 11.5 Å². The molecule has 9 atom stereocenters. The van der Waals surface area contributed by atoms with Crippen molar-refractivity contribution in [3.05, 3.63) is 29.6 Å². The van der Waals surface area contributed by atoms with Crippen LogP contribution in [0.5, 0.6) is 0 Å². The van der Waals surface area contributed by atoms with Crippen LogP contribution in [-0.4, -0.2) is 59.0 Å². The molecule has 37 heavy (non-hydrogen) atoms. The van der Waals surface area contributed by atoms with Crippen LogP contribution in [0.25, 0.3) is 0 Å². The van der Waals surface area contributed by atoms with E-state index in [1.165, 1.54) is 11.0 Å². The van der Waals surface area contributed by atoms with Crippen molar-refractivity contribution in [3.63, 3.8) is 0 Å². The Morgan fingerprint density at radius 3 is 2.57 bits per heavy atom. The highest BCUT2D eigenvalue weighted by Crippen LogP contribution is 2.59. The predicted octanol–water partition coefficient (Wildman–Crippen LogP) is 2.98. The number of benzene rings is 1. The summed E-state index contributed by atoms with van der Waals surface area (Å²) in [6, 6.07) is 4.38. The van der Waals surface area contributed by atoms with Crippen LogP contribution >= 0.6 is 0 Å². The van der Waals surface area contributed by atoms with Crippen molar-refractivity contribution in [2.75, 3.05) is 18.8 Å². The molecule has 4 aliphatic rings. The fraction of sp³-hybridized carbons (Fsp3) is 0.679. The Morgan fingerprint density at radius 1 is 1.22 bits per heavy atom. The first-order valence-corrected chi connectivity index (χ1v) is 13.2. The molecular formula is C28H37F2N5O2. The number of likely N-dealkylation sites (tertiary alicyclic amines) is 2. The van der Waals surface area contributed by atoms with E-state index in [2.05, 4.69) is 6.07 Å². The summed E-state index contributed by atoms with van der Waals surface area (Å²) in [6.07, 6.45) is 0.501. The maximum Gasteiger partial charge on any atom is 0.246 e. The van der Waals surface area contributed by atoms with Crippen molar-refractivity contribution >= 4 is 17.5 Å². The van der Waals surface area contributed by atoms with E-state index in [0.29, 0.717) is 18.5 Å². The number of alkyl halides is 1. The molecule has 0 aromatic heterocycles. The molecule has 200 valence electrons. The van der Waals surface area contributed by atoms with E-state index in [1.807, 2.05) is 27.7 Å². The zero-order valence-electron chi connectivity index (χ0n) is 22.0. The van der Waals surface area contributed by atoms with Gasteiger partial charge in [0.2, 0.25) is 11.8 Å². The van der Waals surface area contributed by atoms with E-state index >= 15 is 0 Å². The Kier molecular flexibility index (Phi) is 6.06. The summed E-state index contributed by atoms with van der Waals surface area (Å²) in [5.74, 6) is -1.56. The first-order valence-electron chi connectivity index (χ1n) is 13.2. The number of amides is 2. The third-order valence-electron chi connectivity index (χ3n) is 9.68. The zero-order valence-corrected chi connectivity index (χ0v) is 22.0. The van der Waals surface area contributed by atoms with Crippen LogP contribution in [-0.2, 0) is 15.0 Å². The van der Waals surface area contributed by atoms with Gasteiger partial charge in [-0.2, -0.15) is 5.26 Å². The number of fused-ring (bicyclic) bond motifs is 5. The second-order valence-electron chi connectivity index (χ2n) is 13.0. The molecule has 2 saturated heterocycles. The lowest BCUT2D eigenvalue weighted by molar-refractivity contribution is -0.147. The summed E-state index contributed by atoms with van der Waals surface area (Å²) in [7, 11) is 0. The van der Waals surface area contributed by atoms with Crippen molar-refractivity contribution in [1.29, 1.82) is 5.26 Å². The number of rotatable bonds is 3. The highest BCUT2D eigenvalue weighted by Gasteiger charge is 2.64. The number of anilines is 1. The normalized spacial score (nSPS) is 37.5.